The number of rotatable bonds is 3. The minimum absolute atomic E-state index is 0. The third-order valence-corrected chi connectivity index (χ3v) is 3.97. The van der Waals surface area contributed by atoms with Gasteiger partial charge in [-0.3, -0.25) is 0 Å². The number of hydrogen-bond donors (Lipinski definition) is 1. The van der Waals surface area contributed by atoms with Crippen molar-refractivity contribution in [2.45, 2.75) is 24.9 Å². The molecule has 0 radical (unpaired) electrons. The SMILES string of the molecule is Cl.Cl.NC(c1ccccc1)c1nc2ccccc2n1C1CC1. The van der Waals surface area contributed by atoms with Gasteiger partial charge >= 0.3 is 0 Å². The Kier molecular flexibility index (Phi) is 5.12. The van der Waals surface area contributed by atoms with E-state index in [1.807, 2.05) is 24.3 Å². The van der Waals surface area contributed by atoms with Crippen LogP contribution < -0.4 is 5.73 Å². The number of hydrogen-bond acceptors (Lipinski definition) is 2. The van der Waals surface area contributed by atoms with Crippen LogP contribution in [-0.2, 0) is 0 Å². The van der Waals surface area contributed by atoms with E-state index in [-0.39, 0.29) is 30.9 Å². The van der Waals surface area contributed by atoms with Gasteiger partial charge < -0.3 is 10.3 Å². The van der Waals surface area contributed by atoms with E-state index in [2.05, 4.69) is 34.9 Å². The Bertz CT molecular complexity index is 751. The molecule has 1 heterocycles. The van der Waals surface area contributed by atoms with Crippen molar-refractivity contribution in [1.29, 1.82) is 0 Å². The van der Waals surface area contributed by atoms with Crippen molar-refractivity contribution in [1.82, 2.24) is 9.55 Å². The van der Waals surface area contributed by atoms with E-state index in [4.69, 9.17) is 10.7 Å². The first-order valence-corrected chi connectivity index (χ1v) is 7.12. The van der Waals surface area contributed by atoms with Crippen molar-refractivity contribution in [3.63, 3.8) is 0 Å². The highest BCUT2D eigenvalue weighted by Crippen LogP contribution is 2.40. The largest absolute Gasteiger partial charge is 0.323 e. The van der Waals surface area contributed by atoms with E-state index in [9.17, 15) is 0 Å². The second-order valence-electron chi connectivity index (χ2n) is 5.45. The third kappa shape index (κ3) is 2.84. The van der Waals surface area contributed by atoms with Crippen LogP contribution in [0.25, 0.3) is 11.0 Å². The molecule has 0 saturated heterocycles. The van der Waals surface area contributed by atoms with E-state index < -0.39 is 0 Å². The highest BCUT2D eigenvalue weighted by molar-refractivity contribution is 5.85. The maximum absolute atomic E-state index is 6.46. The van der Waals surface area contributed by atoms with E-state index in [0.717, 1.165) is 16.9 Å². The van der Waals surface area contributed by atoms with Gasteiger partial charge in [0.15, 0.2) is 0 Å². The molecule has 1 atom stereocenters. The zero-order valence-corrected chi connectivity index (χ0v) is 13.7. The predicted octanol–water partition coefficient (Wildman–Crippen LogP) is 4.26. The highest BCUT2D eigenvalue weighted by Gasteiger charge is 2.30. The minimum Gasteiger partial charge on any atom is -0.323 e. The Balaban J connectivity index is 0.000000882. The maximum Gasteiger partial charge on any atom is 0.131 e. The fourth-order valence-electron chi connectivity index (χ4n) is 2.81. The number of nitrogens with zero attached hydrogens (tertiary/aromatic N) is 2. The Morgan fingerprint density at radius 1 is 0.955 bits per heavy atom. The van der Waals surface area contributed by atoms with Crippen LogP contribution >= 0.6 is 24.8 Å². The number of nitrogens with two attached hydrogens (primary N) is 1. The Morgan fingerprint density at radius 2 is 1.59 bits per heavy atom. The summed E-state index contributed by atoms with van der Waals surface area (Å²) in [7, 11) is 0. The molecule has 3 nitrogen and oxygen atoms in total. The van der Waals surface area contributed by atoms with Gasteiger partial charge in [-0.25, -0.2) is 4.98 Å². The lowest BCUT2D eigenvalue weighted by molar-refractivity contribution is 0.659. The summed E-state index contributed by atoms with van der Waals surface area (Å²) in [5.74, 6) is 0.986. The molecule has 1 aromatic heterocycles. The summed E-state index contributed by atoms with van der Waals surface area (Å²) in [6.07, 6.45) is 2.46. The summed E-state index contributed by atoms with van der Waals surface area (Å²) in [5, 5.41) is 0. The second-order valence-corrected chi connectivity index (χ2v) is 5.45. The Morgan fingerprint density at radius 3 is 2.27 bits per heavy atom. The first-order chi connectivity index (χ1) is 9.84. The van der Waals surface area contributed by atoms with Gasteiger partial charge in [-0.05, 0) is 30.5 Å². The molecule has 0 bridgehead atoms. The molecule has 0 amide bonds. The molecular formula is C17H19Cl2N3. The highest BCUT2D eigenvalue weighted by atomic mass is 35.5. The second kappa shape index (κ2) is 6.69. The van der Waals surface area contributed by atoms with Crippen molar-refractivity contribution >= 4 is 35.8 Å². The summed E-state index contributed by atoms with van der Waals surface area (Å²) in [6.45, 7) is 0. The van der Waals surface area contributed by atoms with Gasteiger partial charge in [-0.2, -0.15) is 0 Å². The van der Waals surface area contributed by atoms with E-state index in [1.165, 1.54) is 18.4 Å². The first kappa shape index (κ1) is 16.8. The van der Waals surface area contributed by atoms with Gasteiger partial charge in [0, 0.05) is 6.04 Å². The van der Waals surface area contributed by atoms with Crippen LogP contribution in [0.1, 0.15) is 36.3 Å². The fraction of sp³-hybridized carbons (Fsp3) is 0.235. The molecule has 1 fully saturated rings. The number of halogens is 2. The number of para-hydroxylation sites is 2. The third-order valence-electron chi connectivity index (χ3n) is 3.97. The van der Waals surface area contributed by atoms with Crippen molar-refractivity contribution in [3.8, 4) is 0 Å². The quantitative estimate of drug-likeness (QED) is 0.776. The van der Waals surface area contributed by atoms with Crippen LogP contribution in [0.4, 0.5) is 0 Å². The monoisotopic (exact) mass is 335 g/mol. The molecule has 22 heavy (non-hydrogen) atoms. The lowest BCUT2D eigenvalue weighted by Crippen LogP contribution is -2.17. The molecule has 4 rings (SSSR count). The van der Waals surface area contributed by atoms with E-state index in [1.54, 1.807) is 0 Å². The average molecular weight is 336 g/mol. The lowest BCUT2D eigenvalue weighted by Gasteiger charge is -2.14. The summed E-state index contributed by atoms with van der Waals surface area (Å²) in [4.78, 5) is 4.79. The van der Waals surface area contributed by atoms with Gasteiger partial charge in [0.1, 0.15) is 5.82 Å². The van der Waals surface area contributed by atoms with Crippen molar-refractivity contribution < 1.29 is 0 Å². The predicted molar refractivity (Wildman–Crippen MR) is 95.0 cm³/mol. The summed E-state index contributed by atoms with van der Waals surface area (Å²) >= 11 is 0. The topological polar surface area (TPSA) is 43.8 Å². The molecule has 5 heteroatoms. The Hall–Kier alpha value is -1.55. The molecule has 2 N–H and O–H groups in total. The van der Waals surface area contributed by atoms with Crippen molar-refractivity contribution in [3.05, 3.63) is 66.0 Å². The zero-order chi connectivity index (χ0) is 13.5. The standard InChI is InChI=1S/C17H17N3.2ClH/c18-16(12-6-2-1-3-7-12)17-19-14-8-4-5-9-15(14)20(17)13-10-11-13;;/h1-9,13,16H,10-11,18H2;2*1H. The molecule has 3 aromatic rings. The van der Waals surface area contributed by atoms with Crippen LogP contribution in [0.5, 0.6) is 0 Å². The molecule has 116 valence electrons. The molecule has 1 aliphatic rings. The molecular weight excluding hydrogens is 317 g/mol. The smallest absolute Gasteiger partial charge is 0.131 e. The number of benzene rings is 2. The van der Waals surface area contributed by atoms with Crippen LogP contribution in [0.2, 0.25) is 0 Å². The van der Waals surface area contributed by atoms with Crippen molar-refractivity contribution in [2.75, 3.05) is 0 Å². The Labute approximate surface area is 142 Å². The first-order valence-electron chi connectivity index (χ1n) is 7.12. The summed E-state index contributed by atoms with van der Waals surface area (Å²) in [5.41, 5.74) is 9.83. The summed E-state index contributed by atoms with van der Waals surface area (Å²) in [6, 6.07) is 18.9. The minimum atomic E-state index is -0.163. The van der Waals surface area contributed by atoms with E-state index >= 15 is 0 Å². The molecule has 0 aliphatic heterocycles. The van der Waals surface area contributed by atoms with Gasteiger partial charge in [0.05, 0.1) is 17.1 Å². The van der Waals surface area contributed by atoms with Crippen LogP contribution in [0, 0.1) is 0 Å². The van der Waals surface area contributed by atoms with Gasteiger partial charge in [0.25, 0.3) is 0 Å². The summed E-state index contributed by atoms with van der Waals surface area (Å²) < 4.78 is 2.34. The van der Waals surface area contributed by atoms with Gasteiger partial charge in [-0.15, -0.1) is 24.8 Å². The van der Waals surface area contributed by atoms with Crippen molar-refractivity contribution in [2.24, 2.45) is 5.73 Å². The zero-order valence-electron chi connectivity index (χ0n) is 12.1. The molecule has 1 aliphatic carbocycles. The number of imidazole rings is 1. The molecule has 2 aromatic carbocycles. The average Bonchev–Trinajstić information content (AvgIpc) is 3.27. The number of aromatic nitrogens is 2. The van der Waals surface area contributed by atoms with Gasteiger partial charge in [0.2, 0.25) is 0 Å². The normalized spacial score (nSPS) is 15.0. The van der Waals surface area contributed by atoms with Gasteiger partial charge in [-0.1, -0.05) is 42.5 Å². The van der Waals surface area contributed by atoms with Crippen LogP contribution in [0.3, 0.4) is 0 Å². The molecule has 1 saturated carbocycles. The lowest BCUT2D eigenvalue weighted by atomic mass is 10.1. The maximum atomic E-state index is 6.46. The van der Waals surface area contributed by atoms with Crippen LogP contribution in [0.15, 0.2) is 54.6 Å². The number of fused-ring (bicyclic) bond motifs is 1. The fourth-order valence-corrected chi connectivity index (χ4v) is 2.81. The molecule has 1 unspecified atom stereocenters. The van der Waals surface area contributed by atoms with Crippen LogP contribution in [-0.4, -0.2) is 9.55 Å². The van der Waals surface area contributed by atoms with E-state index in [0.29, 0.717) is 6.04 Å². The molecule has 0 spiro atoms.